The van der Waals surface area contributed by atoms with Gasteiger partial charge in [-0.25, -0.2) is 0 Å². The molecule has 1 unspecified atom stereocenters. The van der Waals surface area contributed by atoms with Crippen LogP contribution in [0.5, 0.6) is 11.5 Å². The fraction of sp³-hybridized carbons (Fsp3) is 0.375. The smallest absolute Gasteiger partial charge is 0.269 e. The molecule has 32 heavy (non-hydrogen) atoms. The third-order valence-corrected chi connectivity index (χ3v) is 4.74. The zero-order valence-corrected chi connectivity index (χ0v) is 19.0. The number of rotatable bonds is 10. The average molecular weight is 442 g/mol. The normalized spacial score (nSPS) is 11.2. The number of hydrogen-bond acceptors (Lipinski definition) is 5. The Hall–Kier alpha value is -3.55. The van der Waals surface area contributed by atoms with Crippen LogP contribution in [0.15, 0.2) is 42.5 Å². The Morgan fingerprint density at radius 1 is 1.00 bits per heavy atom. The molecule has 0 saturated heterocycles. The van der Waals surface area contributed by atoms with Gasteiger partial charge in [0.2, 0.25) is 11.8 Å². The van der Waals surface area contributed by atoms with Gasteiger partial charge in [0.25, 0.3) is 5.91 Å². The number of benzene rings is 2. The lowest BCUT2D eigenvalue weighted by atomic mass is 10.0. The summed E-state index contributed by atoms with van der Waals surface area (Å²) in [6, 6.07) is 11.8. The first-order valence-corrected chi connectivity index (χ1v) is 10.6. The highest BCUT2D eigenvalue weighted by atomic mass is 16.5. The fourth-order valence-corrected chi connectivity index (χ4v) is 2.99. The summed E-state index contributed by atoms with van der Waals surface area (Å²) >= 11 is 0. The molecule has 0 radical (unpaired) electrons. The van der Waals surface area contributed by atoms with Gasteiger partial charge in [0.05, 0.1) is 26.2 Å². The number of aryl methyl sites for hydroxylation is 1. The molecule has 0 fully saturated rings. The van der Waals surface area contributed by atoms with Crippen LogP contribution in [0.25, 0.3) is 0 Å². The predicted molar refractivity (Wildman–Crippen MR) is 121 cm³/mol. The molecule has 2 aromatic rings. The molecular weight excluding hydrogens is 410 g/mol. The van der Waals surface area contributed by atoms with E-state index in [1.165, 1.54) is 14.0 Å². The Balaban J connectivity index is 1.97. The second kappa shape index (κ2) is 12.3. The van der Waals surface area contributed by atoms with E-state index in [1.807, 2.05) is 31.2 Å². The number of amides is 3. The van der Waals surface area contributed by atoms with Crippen molar-refractivity contribution < 1.29 is 23.9 Å². The van der Waals surface area contributed by atoms with E-state index in [0.29, 0.717) is 23.7 Å². The zero-order chi connectivity index (χ0) is 23.5. The standard InChI is InChI=1S/C24H31N3O5/c1-5-6-13-32-21-12-11-19(14-22(21)31-4)24(30)27-26-23(29)15-20(25-17(3)28)18-9-7-16(2)8-10-18/h7-12,14,20H,5-6,13,15H2,1-4H3,(H,25,28)(H,26,29)(H,27,30). The Labute approximate surface area is 188 Å². The summed E-state index contributed by atoms with van der Waals surface area (Å²) in [4.78, 5) is 36.4. The number of carbonyl (C=O) groups excluding carboxylic acids is 3. The third-order valence-electron chi connectivity index (χ3n) is 4.74. The molecule has 0 saturated carbocycles. The minimum Gasteiger partial charge on any atom is -0.493 e. The molecule has 172 valence electrons. The molecule has 3 amide bonds. The van der Waals surface area contributed by atoms with Crippen LogP contribution >= 0.6 is 0 Å². The van der Waals surface area contributed by atoms with E-state index < -0.39 is 17.9 Å². The van der Waals surface area contributed by atoms with Crippen molar-refractivity contribution in [1.82, 2.24) is 16.2 Å². The zero-order valence-electron chi connectivity index (χ0n) is 19.0. The second-order valence-corrected chi connectivity index (χ2v) is 7.44. The molecule has 0 aliphatic carbocycles. The van der Waals surface area contributed by atoms with Crippen LogP contribution in [0.4, 0.5) is 0 Å². The third kappa shape index (κ3) is 7.61. The van der Waals surface area contributed by atoms with Crippen LogP contribution in [0, 0.1) is 6.92 Å². The van der Waals surface area contributed by atoms with Gasteiger partial charge in [0.15, 0.2) is 11.5 Å². The number of hydrazine groups is 1. The molecule has 0 aliphatic rings. The van der Waals surface area contributed by atoms with E-state index in [1.54, 1.807) is 18.2 Å². The Morgan fingerprint density at radius 3 is 2.34 bits per heavy atom. The molecule has 0 aliphatic heterocycles. The first-order valence-electron chi connectivity index (χ1n) is 10.6. The van der Waals surface area contributed by atoms with Crippen LogP contribution in [0.1, 0.15) is 60.6 Å². The molecule has 1 atom stereocenters. The highest BCUT2D eigenvalue weighted by Crippen LogP contribution is 2.28. The van der Waals surface area contributed by atoms with E-state index >= 15 is 0 Å². The number of ether oxygens (including phenoxy) is 2. The van der Waals surface area contributed by atoms with E-state index in [9.17, 15) is 14.4 Å². The average Bonchev–Trinajstić information content (AvgIpc) is 2.77. The van der Waals surface area contributed by atoms with Gasteiger partial charge in [-0.2, -0.15) is 0 Å². The molecule has 0 heterocycles. The maximum absolute atomic E-state index is 12.5. The van der Waals surface area contributed by atoms with Crippen LogP contribution in [-0.4, -0.2) is 31.4 Å². The lowest BCUT2D eigenvalue weighted by molar-refractivity contribution is -0.123. The lowest BCUT2D eigenvalue weighted by Gasteiger charge is -2.18. The molecule has 0 bridgehead atoms. The summed E-state index contributed by atoms with van der Waals surface area (Å²) < 4.78 is 11.0. The fourth-order valence-electron chi connectivity index (χ4n) is 2.99. The maximum Gasteiger partial charge on any atom is 0.269 e. The molecular formula is C24H31N3O5. The molecule has 3 N–H and O–H groups in total. The summed E-state index contributed by atoms with van der Waals surface area (Å²) in [5.74, 6) is -0.198. The van der Waals surface area contributed by atoms with Gasteiger partial charge < -0.3 is 14.8 Å². The summed E-state index contributed by atoms with van der Waals surface area (Å²) in [5.41, 5.74) is 6.97. The van der Waals surface area contributed by atoms with E-state index in [-0.39, 0.29) is 12.3 Å². The molecule has 8 nitrogen and oxygen atoms in total. The van der Waals surface area contributed by atoms with Crippen molar-refractivity contribution >= 4 is 17.7 Å². The predicted octanol–water partition coefficient (Wildman–Crippen LogP) is 3.21. The molecule has 2 rings (SSSR count). The number of unbranched alkanes of at least 4 members (excludes halogenated alkanes) is 1. The first kappa shape index (κ1) is 24.7. The topological polar surface area (TPSA) is 106 Å². The summed E-state index contributed by atoms with van der Waals surface area (Å²) in [6.45, 7) is 5.98. The minimum atomic E-state index is -0.510. The van der Waals surface area contributed by atoms with Crippen molar-refractivity contribution in [1.29, 1.82) is 0 Å². The van der Waals surface area contributed by atoms with E-state index in [4.69, 9.17) is 9.47 Å². The molecule has 0 spiro atoms. The number of carbonyl (C=O) groups is 3. The lowest BCUT2D eigenvalue weighted by Crippen LogP contribution is -2.43. The summed E-state index contributed by atoms with van der Waals surface area (Å²) in [6.07, 6.45) is 1.89. The van der Waals surface area contributed by atoms with Gasteiger partial charge in [-0.1, -0.05) is 43.2 Å². The Bertz CT molecular complexity index is 928. The van der Waals surface area contributed by atoms with Gasteiger partial charge in [0.1, 0.15) is 0 Å². The molecule has 0 aromatic heterocycles. The van der Waals surface area contributed by atoms with Gasteiger partial charge in [0, 0.05) is 12.5 Å². The highest BCUT2D eigenvalue weighted by molar-refractivity contribution is 5.96. The van der Waals surface area contributed by atoms with Crippen molar-refractivity contribution in [3.63, 3.8) is 0 Å². The van der Waals surface area contributed by atoms with Crippen LogP contribution < -0.4 is 25.6 Å². The quantitative estimate of drug-likeness (QED) is 0.388. The van der Waals surface area contributed by atoms with Crippen molar-refractivity contribution in [2.75, 3.05) is 13.7 Å². The number of methoxy groups -OCH3 is 1. The van der Waals surface area contributed by atoms with Crippen molar-refractivity contribution in [2.24, 2.45) is 0 Å². The van der Waals surface area contributed by atoms with Gasteiger partial charge in [-0.05, 0) is 37.1 Å². The van der Waals surface area contributed by atoms with Crippen molar-refractivity contribution in [3.05, 3.63) is 59.2 Å². The largest absolute Gasteiger partial charge is 0.493 e. The van der Waals surface area contributed by atoms with E-state index in [0.717, 1.165) is 24.0 Å². The van der Waals surface area contributed by atoms with Crippen LogP contribution in [-0.2, 0) is 9.59 Å². The Morgan fingerprint density at radius 2 is 1.72 bits per heavy atom. The number of hydrogen-bond donors (Lipinski definition) is 3. The second-order valence-electron chi connectivity index (χ2n) is 7.44. The van der Waals surface area contributed by atoms with Crippen LogP contribution in [0.2, 0.25) is 0 Å². The van der Waals surface area contributed by atoms with Crippen molar-refractivity contribution in [3.8, 4) is 11.5 Å². The summed E-state index contributed by atoms with van der Waals surface area (Å²) in [5, 5.41) is 2.77. The number of nitrogens with one attached hydrogen (secondary N) is 3. The summed E-state index contributed by atoms with van der Waals surface area (Å²) in [7, 11) is 1.50. The van der Waals surface area contributed by atoms with Crippen LogP contribution in [0.3, 0.4) is 0 Å². The Kier molecular flexibility index (Phi) is 9.53. The van der Waals surface area contributed by atoms with Crippen molar-refractivity contribution in [2.45, 2.75) is 46.1 Å². The minimum absolute atomic E-state index is 0.0313. The highest BCUT2D eigenvalue weighted by Gasteiger charge is 2.18. The maximum atomic E-state index is 12.5. The first-order chi connectivity index (χ1) is 15.3. The van der Waals surface area contributed by atoms with Gasteiger partial charge in [-0.15, -0.1) is 0 Å². The van der Waals surface area contributed by atoms with Gasteiger partial charge in [-0.3, -0.25) is 25.2 Å². The van der Waals surface area contributed by atoms with Gasteiger partial charge >= 0.3 is 0 Å². The van der Waals surface area contributed by atoms with E-state index in [2.05, 4.69) is 23.1 Å². The SMILES string of the molecule is CCCCOc1ccc(C(=O)NNC(=O)CC(NC(C)=O)c2ccc(C)cc2)cc1OC. The molecule has 8 heteroatoms. The monoisotopic (exact) mass is 441 g/mol. The molecule has 2 aromatic carbocycles.